The van der Waals surface area contributed by atoms with Crippen LogP contribution in [0.5, 0.6) is 0 Å². The van der Waals surface area contributed by atoms with Crippen molar-refractivity contribution in [2.45, 2.75) is 18.8 Å². The van der Waals surface area contributed by atoms with Crippen molar-refractivity contribution < 1.29 is 14.0 Å². The highest BCUT2D eigenvalue weighted by Crippen LogP contribution is 2.23. The summed E-state index contributed by atoms with van der Waals surface area (Å²) in [4.78, 5) is 25.8. The van der Waals surface area contributed by atoms with E-state index in [4.69, 9.17) is 0 Å². The lowest BCUT2D eigenvalue weighted by molar-refractivity contribution is -0.134. The highest BCUT2D eigenvalue weighted by Gasteiger charge is 2.27. The third-order valence-electron chi connectivity index (χ3n) is 2.39. The van der Waals surface area contributed by atoms with Crippen LogP contribution in [-0.4, -0.2) is 16.8 Å². The van der Waals surface area contributed by atoms with E-state index in [2.05, 4.69) is 10.3 Å². The van der Waals surface area contributed by atoms with Gasteiger partial charge < -0.3 is 0 Å². The second kappa shape index (κ2) is 3.76. The van der Waals surface area contributed by atoms with Gasteiger partial charge in [0, 0.05) is 12.6 Å². The normalized spacial score (nSPS) is 21.3. The number of imide groups is 1. The first-order valence-electron chi connectivity index (χ1n) is 4.62. The van der Waals surface area contributed by atoms with Crippen molar-refractivity contribution in [1.82, 2.24) is 10.3 Å². The summed E-state index contributed by atoms with van der Waals surface area (Å²) in [5.74, 6) is -1.56. The van der Waals surface area contributed by atoms with Gasteiger partial charge in [0.25, 0.3) is 0 Å². The molecule has 2 rings (SSSR count). The quantitative estimate of drug-likeness (QED) is 0.547. The number of carbonyl (C=O) groups is 2. The second-order valence-electron chi connectivity index (χ2n) is 3.42. The minimum atomic E-state index is -0.578. The number of amides is 2. The lowest BCUT2D eigenvalue weighted by Gasteiger charge is -2.20. The molecule has 1 unspecified atom stereocenters. The van der Waals surface area contributed by atoms with Gasteiger partial charge in [-0.15, -0.1) is 0 Å². The first-order valence-corrected chi connectivity index (χ1v) is 4.62. The molecule has 1 aliphatic rings. The first-order chi connectivity index (χ1) is 7.16. The lowest BCUT2D eigenvalue weighted by Crippen LogP contribution is -2.39. The Balaban J connectivity index is 2.20. The number of nitrogens with one attached hydrogen (secondary N) is 1. The van der Waals surface area contributed by atoms with Crippen molar-refractivity contribution in [1.29, 1.82) is 0 Å². The van der Waals surface area contributed by atoms with Gasteiger partial charge in [-0.1, -0.05) is 6.07 Å². The average molecular weight is 208 g/mol. The molecule has 1 fully saturated rings. The van der Waals surface area contributed by atoms with Crippen molar-refractivity contribution >= 4 is 11.8 Å². The molecule has 0 bridgehead atoms. The van der Waals surface area contributed by atoms with Gasteiger partial charge in [0.2, 0.25) is 17.8 Å². The molecule has 0 aliphatic carbocycles. The number of rotatable bonds is 1. The van der Waals surface area contributed by atoms with E-state index in [0.29, 0.717) is 18.4 Å². The van der Waals surface area contributed by atoms with Crippen LogP contribution in [0.4, 0.5) is 4.39 Å². The highest BCUT2D eigenvalue weighted by atomic mass is 19.1. The fraction of sp³-hybridized carbons (Fsp3) is 0.300. The Labute approximate surface area is 85.5 Å². The molecule has 2 amide bonds. The van der Waals surface area contributed by atoms with Crippen LogP contribution in [0.2, 0.25) is 0 Å². The third-order valence-corrected chi connectivity index (χ3v) is 2.39. The molecule has 1 aromatic rings. The minimum Gasteiger partial charge on any atom is -0.296 e. The third kappa shape index (κ3) is 2.01. The van der Waals surface area contributed by atoms with Crippen LogP contribution in [0.3, 0.4) is 0 Å². The molecular formula is C10H9FN2O2. The molecule has 0 aromatic carbocycles. The predicted molar refractivity (Wildman–Crippen MR) is 49.3 cm³/mol. The van der Waals surface area contributed by atoms with E-state index in [0.717, 1.165) is 0 Å². The Morgan fingerprint density at radius 2 is 2.20 bits per heavy atom. The molecule has 1 aromatic heterocycles. The van der Waals surface area contributed by atoms with Crippen LogP contribution in [0.15, 0.2) is 18.3 Å². The van der Waals surface area contributed by atoms with Gasteiger partial charge in [-0.3, -0.25) is 14.9 Å². The summed E-state index contributed by atoms with van der Waals surface area (Å²) in [7, 11) is 0. The van der Waals surface area contributed by atoms with Crippen molar-refractivity contribution in [3.05, 3.63) is 29.8 Å². The Bertz CT molecular complexity index is 402. The Morgan fingerprint density at radius 1 is 1.40 bits per heavy atom. The van der Waals surface area contributed by atoms with Gasteiger partial charge in [0.1, 0.15) is 0 Å². The minimum absolute atomic E-state index is 0.258. The molecule has 1 aliphatic heterocycles. The number of aromatic nitrogens is 1. The standard InChI is InChI=1S/C10H9FN2O2/c11-8-3-1-6(5-12-8)7-2-4-9(14)13-10(7)15/h1,3,5,7H,2,4H2,(H,13,14,15). The lowest BCUT2D eigenvalue weighted by atomic mass is 9.92. The molecule has 2 heterocycles. The Kier molecular flexibility index (Phi) is 2.45. The summed E-state index contributed by atoms with van der Waals surface area (Å²) in [6, 6.07) is 2.72. The van der Waals surface area contributed by atoms with E-state index in [1.54, 1.807) is 0 Å². The van der Waals surface area contributed by atoms with Gasteiger partial charge in [-0.2, -0.15) is 4.39 Å². The summed E-state index contributed by atoms with van der Waals surface area (Å²) in [5.41, 5.74) is 0.640. The number of carbonyl (C=O) groups excluding carboxylic acids is 2. The summed E-state index contributed by atoms with van der Waals surface area (Å²) in [5, 5.41) is 2.24. The van der Waals surface area contributed by atoms with Crippen molar-refractivity contribution in [3.63, 3.8) is 0 Å². The topological polar surface area (TPSA) is 59.1 Å². The van der Waals surface area contributed by atoms with Crippen molar-refractivity contribution in [3.8, 4) is 0 Å². The molecule has 4 nitrogen and oxygen atoms in total. The van der Waals surface area contributed by atoms with Crippen LogP contribution in [0, 0.1) is 5.95 Å². The van der Waals surface area contributed by atoms with E-state index in [9.17, 15) is 14.0 Å². The molecule has 1 atom stereocenters. The van der Waals surface area contributed by atoms with Crippen LogP contribution in [-0.2, 0) is 9.59 Å². The van der Waals surface area contributed by atoms with Crippen LogP contribution >= 0.6 is 0 Å². The highest BCUT2D eigenvalue weighted by molar-refractivity contribution is 6.00. The number of hydrogen-bond acceptors (Lipinski definition) is 3. The molecule has 5 heteroatoms. The van der Waals surface area contributed by atoms with Gasteiger partial charge in [0.05, 0.1) is 5.92 Å². The smallest absolute Gasteiger partial charge is 0.234 e. The number of halogens is 1. The summed E-state index contributed by atoms with van der Waals surface area (Å²) >= 11 is 0. The summed E-state index contributed by atoms with van der Waals surface area (Å²) < 4.78 is 12.5. The molecular weight excluding hydrogens is 199 g/mol. The van der Waals surface area contributed by atoms with Gasteiger partial charge in [-0.25, -0.2) is 4.98 Å². The van der Waals surface area contributed by atoms with Gasteiger partial charge >= 0.3 is 0 Å². The number of nitrogens with zero attached hydrogens (tertiary/aromatic N) is 1. The molecule has 0 radical (unpaired) electrons. The zero-order chi connectivity index (χ0) is 10.8. The largest absolute Gasteiger partial charge is 0.296 e. The monoisotopic (exact) mass is 208 g/mol. The Morgan fingerprint density at radius 3 is 2.80 bits per heavy atom. The summed E-state index contributed by atoms with van der Waals surface area (Å²) in [6.45, 7) is 0. The molecule has 0 spiro atoms. The molecule has 15 heavy (non-hydrogen) atoms. The fourth-order valence-corrected chi connectivity index (χ4v) is 1.60. The molecule has 1 saturated heterocycles. The number of piperidine rings is 1. The zero-order valence-corrected chi connectivity index (χ0v) is 7.87. The SMILES string of the molecule is O=C1CCC(c2ccc(F)nc2)C(=O)N1. The van der Waals surface area contributed by atoms with Crippen LogP contribution in [0.25, 0.3) is 0 Å². The fourth-order valence-electron chi connectivity index (χ4n) is 1.60. The van der Waals surface area contributed by atoms with E-state index in [1.165, 1.54) is 18.3 Å². The van der Waals surface area contributed by atoms with Crippen LogP contribution in [0.1, 0.15) is 24.3 Å². The summed E-state index contributed by atoms with van der Waals surface area (Å²) in [6.07, 6.45) is 2.10. The number of pyridine rings is 1. The molecule has 1 N–H and O–H groups in total. The van der Waals surface area contributed by atoms with E-state index in [-0.39, 0.29) is 11.8 Å². The molecule has 0 saturated carbocycles. The van der Waals surface area contributed by atoms with Crippen molar-refractivity contribution in [2.75, 3.05) is 0 Å². The Hall–Kier alpha value is -1.78. The maximum Gasteiger partial charge on any atom is 0.234 e. The van der Waals surface area contributed by atoms with E-state index < -0.39 is 11.9 Å². The van der Waals surface area contributed by atoms with E-state index in [1.807, 2.05) is 0 Å². The van der Waals surface area contributed by atoms with Crippen LogP contribution < -0.4 is 5.32 Å². The zero-order valence-electron chi connectivity index (χ0n) is 7.87. The van der Waals surface area contributed by atoms with Crippen molar-refractivity contribution in [2.24, 2.45) is 0 Å². The predicted octanol–water partition coefficient (Wildman–Crippen LogP) is 0.741. The first kappa shape index (κ1) is 9.76. The molecule has 78 valence electrons. The maximum absolute atomic E-state index is 12.5. The van der Waals surface area contributed by atoms with Gasteiger partial charge in [0.15, 0.2) is 0 Å². The van der Waals surface area contributed by atoms with E-state index >= 15 is 0 Å². The average Bonchev–Trinajstić information content (AvgIpc) is 2.20. The second-order valence-corrected chi connectivity index (χ2v) is 3.42. The van der Waals surface area contributed by atoms with Gasteiger partial charge in [-0.05, 0) is 18.1 Å². The number of hydrogen-bond donors (Lipinski definition) is 1. The maximum atomic E-state index is 12.5.